The van der Waals surface area contributed by atoms with Gasteiger partial charge in [-0.1, -0.05) is 18.2 Å². The Hall–Kier alpha value is -2.29. The summed E-state index contributed by atoms with van der Waals surface area (Å²) in [7, 11) is 0. The van der Waals surface area contributed by atoms with Gasteiger partial charge in [-0.05, 0) is 40.8 Å². The lowest BCUT2D eigenvalue weighted by Crippen LogP contribution is -1.88. The van der Waals surface area contributed by atoms with E-state index in [1.54, 1.807) is 12.1 Å². The first-order valence-electron chi connectivity index (χ1n) is 5.98. The largest absolute Gasteiger partial charge is 0.416 e. The van der Waals surface area contributed by atoms with Gasteiger partial charge in [0.2, 0.25) is 11.8 Å². The number of benzene rings is 2. The highest BCUT2D eigenvalue weighted by atomic mass is 127. The maximum absolute atomic E-state index is 10.8. The Morgan fingerprint density at radius 1 is 1.05 bits per heavy atom. The average molecular weight is 393 g/mol. The SMILES string of the molecule is O=[N+]([O-])c1cccc(-c2nnc(-c3ccccc3I)o2)c1. The molecular formula is C14H8IN3O3. The minimum atomic E-state index is -0.457. The molecule has 3 aromatic rings. The Bertz CT molecular complexity index is 816. The van der Waals surface area contributed by atoms with Gasteiger partial charge >= 0.3 is 0 Å². The average Bonchev–Trinajstić information content (AvgIpc) is 2.97. The van der Waals surface area contributed by atoms with Crippen LogP contribution in [0.15, 0.2) is 52.9 Å². The molecule has 1 aromatic heterocycles. The van der Waals surface area contributed by atoms with Gasteiger partial charge < -0.3 is 4.42 Å². The lowest BCUT2D eigenvalue weighted by molar-refractivity contribution is -0.384. The Balaban J connectivity index is 2.01. The summed E-state index contributed by atoms with van der Waals surface area (Å²) >= 11 is 2.18. The van der Waals surface area contributed by atoms with Gasteiger partial charge in [-0.15, -0.1) is 10.2 Å². The highest BCUT2D eigenvalue weighted by Gasteiger charge is 2.14. The molecule has 21 heavy (non-hydrogen) atoms. The number of hydrogen-bond acceptors (Lipinski definition) is 5. The van der Waals surface area contributed by atoms with Crippen LogP contribution in [0.25, 0.3) is 22.9 Å². The molecule has 0 saturated carbocycles. The van der Waals surface area contributed by atoms with Gasteiger partial charge in [-0.3, -0.25) is 10.1 Å². The van der Waals surface area contributed by atoms with Crippen molar-refractivity contribution < 1.29 is 9.34 Å². The lowest BCUT2D eigenvalue weighted by atomic mass is 10.2. The van der Waals surface area contributed by atoms with Crippen LogP contribution in [-0.2, 0) is 0 Å². The molecule has 0 N–H and O–H groups in total. The minimum absolute atomic E-state index is 0.0125. The van der Waals surface area contributed by atoms with Crippen LogP contribution < -0.4 is 0 Å². The molecule has 104 valence electrons. The molecule has 0 fully saturated rings. The number of hydrogen-bond donors (Lipinski definition) is 0. The zero-order valence-electron chi connectivity index (χ0n) is 10.6. The number of nitrogens with zero attached hydrogens (tertiary/aromatic N) is 3. The molecule has 0 aliphatic heterocycles. The number of non-ortho nitro benzene ring substituents is 1. The first-order valence-corrected chi connectivity index (χ1v) is 7.06. The van der Waals surface area contributed by atoms with Crippen LogP contribution in [0.2, 0.25) is 0 Å². The third-order valence-corrected chi connectivity index (χ3v) is 3.77. The second kappa shape index (κ2) is 5.60. The molecule has 2 aromatic carbocycles. The van der Waals surface area contributed by atoms with Crippen LogP contribution in [0.5, 0.6) is 0 Å². The van der Waals surface area contributed by atoms with Crippen molar-refractivity contribution in [3.8, 4) is 22.9 Å². The van der Waals surface area contributed by atoms with E-state index in [0.29, 0.717) is 11.5 Å². The van der Waals surface area contributed by atoms with Crippen molar-refractivity contribution >= 4 is 28.3 Å². The molecule has 3 rings (SSSR count). The van der Waals surface area contributed by atoms with Gasteiger partial charge in [-0.25, -0.2) is 0 Å². The number of nitro groups is 1. The molecule has 0 radical (unpaired) electrons. The highest BCUT2D eigenvalue weighted by Crippen LogP contribution is 2.28. The zero-order chi connectivity index (χ0) is 14.8. The van der Waals surface area contributed by atoms with Crippen LogP contribution in [0.3, 0.4) is 0 Å². The zero-order valence-corrected chi connectivity index (χ0v) is 12.7. The Kier molecular flexibility index (Phi) is 3.65. The predicted octanol–water partition coefficient (Wildman–Crippen LogP) is 3.92. The Morgan fingerprint density at radius 2 is 1.81 bits per heavy atom. The third-order valence-electron chi connectivity index (χ3n) is 2.83. The van der Waals surface area contributed by atoms with Crippen LogP contribution in [0.1, 0.15) is 0 Å². The second-order valence-corrected chi connectivity index (χ2v) is 5.36. The van der Waals surface area contributed by atoms with E-state index in [0.717, 1.165) is 9.13 Å². The summed E-state index contributed by atoms with van der Waals surface area (Å²) in [5.74, 6) is 0.648. The molecule has 1 heterocycles. The summed E-state index contributed by atoms with van der Waals surface area (Å²) in [6, 6.07) is 13.7. The van der Waals surface area contributed by atoms with E-state index in [1.165, 1.54) is 12.1 Å². The van der Waals surface area contributed by atoms with Gasteiger partial charge in [0.1, 0.15) is 0 Å². The van der Waals surface area contributed by atoms with E-state index in [-0.39, 0.29) is 11.6 Å². The third kappa shape index (κ3) is 2.77. The summed E-state index contributed by atoms with van der Waals surface area (Å²) < 4.78 is 6.61. The van der Waals surface area contributed by atoms with Crippen molar-refractivity contribution in [1.29, 1.82) is 0 Å². The van der Waals surface area contributed by atoms with E-state index >= 15 is 0 Å². The van der Waals surface area contributed by atoms with Crippen molar-refractivity contribution in [3.05, 3.63) is 62.2 Å². The van der Waals surface area contributed by atoms with Gasteiger partial charge in [-0.2, -0.15) is 0 Å². The number of aromatic nitrogens is 2. The molecule has 7 heteroatoms. The molecule has 0 amide bonds. The normalized spacial score (nSPS) is 10.5. The standard InChI is InChI=1S/C14H8IN3O3/c15-12-7-2-1-6-11(12)14-17-16-13(21-14)9-4-3-5-10(8-9)18(19)20/h1-8H. The number of halogens is 1. The lowest BCUT2D eigenvalue weighted by Gasteiger charge is -1.98. The molecule has 0 atom stereocenters. The van der Waals surface area contributed by atoms with Crippen molar-refractivity contribution in [3.63, 3.8) is 0 Å². The summed E-state index contributed by atoms with van der Waals surface area (Å²) in [6.07, 6.45) is 0. The van der Waals surface area contributed by atoms with Crippen molar-refractivity contribution in [2.45, 2.75) is 0 Å². The fourth-order valence-electron chi connectivity index (χ4n) is 1.84. The van der Waals surface area contributed by atoms with Gasteiger partial charge in [0.25, 0.3) is 5.69 Å². The summed E-state index contributed by atoms with van der Waals surface area (Å²) in [5.41, 5.74) is 1.35. The van der Waals surface area contributed by atoms with Crippen LogP contribution in [-0.4, -0.2) is 15.1 Å². The van der Waals surface area contributed by atoms with Gasteiger partial charge in [0.15, 0.2) is 0 Å². The monoisotopic (exact) mass is 393 g/mol. The summed E-state index contributed by atoms with van der Waals surface area (Å²) in [6.45, 7) is 0. The van der Waals surface area contributed by atoms with E-state index in [9.17, 15) is 10.1 Å². The molecule has 0 unspecified atom stereocenters. The first kappa shape index (κ1) is 13.7. The fraction of sp³-hybridized carbons (Fsp3) is 0. The maximum Gasteiger partial charge on any atom is 0.270 e. The molecule has 6 nitrogen and oxygen atoms in total. The van der Waals surface area contributed by atoms with Crippen molar-refractivity contribution in [2.75, 3.05) is 0 Å². The molecule has 0 bridgehead atoms. The number of rotatable bonds is 3. The highest BCUT2D eigenvalue weighted by molar-refractivity contribution is 14.1. The topological polar surface area (TPSA) is 82.1 Å². The van der Waals surface area contributed by atoms with Crippen molar-refractivity contribution in [2.24, 2.45) is 0 Å². The number of nitro benzene ring substituents is 1. The first-order chi connectivity index (χ1) is 10.1. The van der Waals surface area contributed by atoms with Crippen molar-refractivity contribution in [1.82, 2.24) is 10.2 Å². The quantitative estimate of drug-likeness (QED) is 0.383. The molecule has 0 aliphatic carbocycles. The maximum atomic E-state index is 10.8. The Morgan fingerprint density at radius 3 is 2.57 bits per heavy atom. The van der Waals surface area contributed by atoms with Crippen LogP contribution >= 0.6 is 22.6 Å². The smallest absolute Gasteiger partial charge is 0.270 e. The van der Waals surface area contributed by atoms with Crippen LogP contribution in [0.4, 0.5) is 5.69 Å². The molecule has 0 saturated heterocycles. The van der Waals surface area contributed by atoms with Gasteiger partial charge in [0.05, 0.1) is 10.5 Å². The predicted molar refractivity (Wildman–Crippen MR) is 84.5 cm³/mol. The van der Waals surface area contributed by atoms with E-state index < -0.39 is 4.92 Å². The fourth-order valence-corrected chi connectivity index (χ4v) is 2.45. The van der Waals surface area contributed by atoms with E-state index in [2.05, 4.69) is 32.8 Å². The summed E-state index contributed by atoms with van der Waals surface area (Å²) in [5, 5.41) is 18.8. The second-order valence-electron chi connectivity index (χ2n) is 4.20. The Labute approximate surface area is 133 Å². The van der Waals surface area contributed by atoms with E-state index in [4.69, 9.17) is 4.42 Å². The van der Waals surface area contributed by atoms with Gasteiger partial charge in [0, 0.05) is 21.3 Å². The molecule has 0 aliphatic rings. The summed E-state index contributed by atoms with van der Waals surface area (Å²) in [4.78, 5) is 10.3. The van der Waals surface area contributed by atoms with Crippen LogP contribution in [0, 0.1) is 13.7 Å². The molecule has 0 spiro atoms. The molecular weight excluding hydrogens is 385 g/mol. The van der Waals surface area contributed by atoms with E-state index in [1.807, 2.05) is 24.3 Å². The minimum Gasteiger partial charge on any atom is -0.416 e.